The molecule has 3 rings (SSSR count). The zero-order valence-corrected chi connectivity index (χ0v) is 12.1. The molecular formula is C17H12FNO4. The fraction of sp³-hybridized carbons (Fsp3) is 0.118. The van der Waals surface area contributed by atoms with E-state index in [2.05, 4.69) is 4.99 Å². The van der Waals surface area contributed by atoms with Crippen LogP contribution in [0.25, 0.3) is 0 Å². The van der Waals surface area contributed by atoms with Crippen LogP contribution in [0.3, 0.4) is 0 Å². The van der Waals surface area contributed by atoms with Gasteiger partial charge in [-0.3, -0.25) is 14.6 Å². The van der Waals surface area contributed by atoms with E-state index in [1.54, 1.807) is 18.2 Å². The molecule has 0 spiro atoms. The van der Waals surface area contributed by atoms with Crippen molar-refractivity contribution in [2.75, 3.05) is 7.11 Å². The molecule has 1 atom stereocenters. The Kier molecular flexibility index (Phi) is 3.65. The number of fused-ring (bicyclic) bond motifs is 1. The summed E-state index contributed by atoms with van der Waals surface area (Å²) in [6, 6.07) is 10.2. The van der Waals surface area contributed by atoms with Gasteiger partial charge in [-0.1, -0.05) is 18.2 Å². The average Bonchev–Trinajstić information content (AvgIpc) is 2.54. The van der Waals surface area contributed by atoms with Crippen molar-refractivity contribution in [1.29, 1.82) is 0 Å². The van der Waals surface area contributed by atoms with Crippen LogP contribution in [-0.2, 0) is 4.79 Å². The number of hydrogen-bond donors (Lipinski definition) is 1. The smallest absolute Gasteiger partial charge is 0.320 e. The minimum Gasteiger partial charge on any atom is -0.497 e. The molecule has 1 aliphatic heterocycles. The van der Waals surface area contributed by atoms with Crippen molar-refractivity contribution >= 4 is 23.2 Å². The molecule has 0 amide bonds. The van der Waals surface area contributed by atoms with Crippen LogP contribution in [0.5, 0.6) is 5.75 Å². The normalized spacial score (nSPS) is 16.5. The second-order valence-corrected chi connectivity index (χ2v) is 5.00. The summed E-state index contributed by atoms with van der Waals surface area (Å²) < 4.78 is 19.1. The summed E-state index contributed by atoms with van der Waals surface area (Å²) >= 11 is 0. The molecule has 0 aromatic heterocycles. The van der Waals surface area contributed by atoms with Crippen LogP contribution in [0.1, 0.15) is 15.9 Å². The largest absolute Gasteiger partial charge is 0.497 e. The summed E-state index contributed by atoms with van der Waals surface area (Å²) in [7, 11) is 1.44. The van der Waals surface area contributed by atoms with Crippen molar-refractivity contribution in [3.63, 3.8) is 0 Å². The SMILES string of the molecule is COc1ccc2c(c1)C(=O)C(C(=O)O)C(c1ccccc1F)=N2. The van der Waals surface area contributed by atoms with Gasteiger partial charge in [-0.15, -0.1) is 0 Å². The number of carbonyl (C=O) groups is 2. The van der Waals surface area contributed by atoms with Gasteiger partial charge < -0.3 is 9.84 Å². The third-order valence-electron chi connectivity index (χ3n) is 3.64. The summed E-state index contributed by atoms with van der Waals surface area (Å²) in [4.78, 5) is 28.4. The molecule has 0 fully saturated rings. The summed E-state index contributed by atoms with van der Waals surface area (Å²) in [5.41, 5.74) is 0.358. The number of aliphatic carboxylic acids is 1. The van der Waals surface area contributed by atoms with E-state index in [1.165, 1.54) is 31.4 Å². The molecule has 1 unspecified atom stereocenters. The highest BCUT2D eigenvalue weighted by Crippen LogP contribution is 2.34. The van der Waals surface area contributed by atoms with Crippen LogP contribution >= 0.6 is 0 Å². The van der Waals surface area contributed by atoms with Crippen molar-refractivity contribution in [1.82, 2.24) is 0 Å². The quantitative estimate of drug-likeness (QED) is 0.884. The maximum absolute atomic E-state index is 14.0. The van der Waals surface area contributed by atoms with E-state index in [-0.39, 0.29) is 16.8 Å². The van der Waals surface area contributed by atoms with Crippen molar-refractivity contribution in [2.24, 2.45) is 10.9 Å². The molecule has 23 heavy (non-hydrogen) atoms. The van der Waals surface area contributed by atoms with Crippen LogP contribution < -0.4 is 4.74 Å². The standard InChI is InChI=1S/C17H12FNO4/c1-23-9-6-7-13-11(8-9)16(20)14(17(21)22)15(19-13)10-4-2-3-5-12(10)18/h2-8,14H,1H3,(H,21,22). The van der Waals surface area contributed by atoms with Crippen LogP contribution in [0, 0.1) is 11.7 Å². The van der Waals surface area contributed by atoms with E-state index in [0.717, 1.165) is 0 Å². The second-order valence-electron chi connectivity index (χ2n) is 5.00. The summed E-state index contributed by atoms with van der Waals surface area (Å²) in [5, 5.41) is 9.43. The Morgan fingerprint density at radius 2 is 1.96 bits per heavy atom. The molecule has 1 heterocycles. The zero-order valence-electron chi connectivity index (χ0n) is 12.1. The maximum Gasteiger partial charge on any atom is 0.320 e. The number of carboxylic acid groups (broad SMARTS) is 1. The lowest BCUT2D eigenvalue weighted by atomic mass is 9.85. The Hall–Kier alpha value is -3.02. The van der Waals surface area contributed by atoms with Crippen molar-refractivity contribution in [3.8, 4) is 5.75 Å². The third kappa shape index (κ3) is 2.48. The van der Waals surface area contributed by atoms with E-state index in [4.69, 9.17) is 4.74 Å². The number of aliphatic imine (C=N–C) groups is 1. The Morgan fingerprint density at radius 1 is 1.22 bits per heavy atom. The second kappa shape index (κ2) is 5.64. The molecule has 0 saturated heterocycles. The number of halogens is 1. The number of carboxylic acids is 1. The van der Waals surface area contributed by atoms with Crippen LogP contribution in [0.15, 0.2) is 47.5 Å². The molecule has 116 valence electrons. The van der Waals surface area contributed by atoms with Gasteiger partial charge in [0.2, 0.25) is 0 Å². The van der Waals surface area contributed by atoms with E-state index in [9.17, 15) is 19.1 Å². The van der Waals surface area contributed by atoms with Crippen molar-refractivity contribution in [3.05, 3.63) is 59.4 Å². The van der Waals surface area contributed by atoms with Gasteiger partial charge in [0.05, 0.1) is 18.5 Å². The zero-order chi connectivity index (χ0) is 16.6. The lowest BCUT2D eigenvalue weighted by Crippen LogP contribution is -2.35. The van der Waals surface area contributed by atoms with Gasteiger partial charge in [0, 0.05) is 11.1 Å². The highest BCUT2D eigenvalue weighted by molar-refractivity contribution is 6.31. The Bertz CT molecular complexity index is 844. The summed E-state index contributed by atoms with van der Waals surface area (Å²) in [6.07, 6.45) is 0. The molecule has 1 aliphatic rings. The minimum atomic E-state index is -1.55. The number of methoxy groups -OCH3 is 1. The first-order valence-corrected chi connectivity index (χ1v) is 6.81. The molecular weight excluding hydrogens is 301 g/mol. The van der Waals surface area contributed by atoms with E-state index in [1.807, 2.05) is 0 Å². The number of nitrogens with zero attached hydrogens (tertiary/aromatic N) is 1. The fourth-order valence-corrected chi connectivity index (χ4v) is 2.52. The molecule has 2 aromatic carbocycles. The average molecular weight is 313 g/mol. The molecule has 6 heteroatoms. The molecule has 0 saturated carbocycles. The number of benzene rings is 2. The molecule has 0 radical (unpaired) electrons. The lowest BCUT2D eigenvalue weighted by Gasteiger charge is -2.21. The van der Waals surface area contributed by atoms with Gasteiger partial charge >= 0.3 is 5.97 Å². The highest BCUT2D eigenvalue weighted by atomic mass is 19.1. The van der Waals surface area contributed by atoms with Gasteiger partial charge in [-0.2, -0.15) is 0 Å². The van der Waals surface area contributed by atoms with Crippen LogP contribution in [0.4, 0.5) is 10.1 Å². The summed E-state index contributed by atoms with van der Waals surface area (Å²) in [6.45, 7) is 0. The number of ketones is 1. The van der Waals surface area contributed by atoms with Crippen LogP contribution in [0.2, 0.25) is 0 Å². The summed E-state index contributed by atoms with van der Waals surface area (Å²) in [5.74, 6) is -3.76. The number of Topliss-reactive ketones (excluding diaryl/α,β-unsaturated/α-hetero) is 1. The van der Waals surface area contributed by atoms with Gasteiger partial charge in [0.15, 0.2) is 11.7 Å². The minimum absolute atomic E-state index is 0.00900. The maximum atomic E-state index is 14.0. The van der Waals surface area contributed by atoms with Gasteiger partial charge in [-0.25, -0.2) is 4.39 Å². The fourth-order valence-electron chi connectivity index (χ4n) is 2.52. The monoisotopic (exact) mass is 313 g/mol. The van der Waals surface area contributed by atoms with E-state index < -0.39 is 23.5 Å². The number of rotatable bonds is 3. The molecule has 5 nitrogen and oxygen atoms in total. The molecule has 1 N–H and O–H groups in total. The lowest BCUT2D eigenvalue weighted by molar-refractivity contribution is -0.137. The Labute approximate surface area is 131 Å². The molecule has 0 aliphatic carbocycles. The number of hydrogen-bond acceptors (Lipinski definition) is 4. The first-order chi connectivity index (χ1) is 11.0. The third-order valence-corrected chi connectivity index (χ3v) is 3.64. The first kappa shape index (κ1) is 14.9. The molecule has 0 bridgehead atoms. The molecule has 2 aromatic rings. The topological polar surface area (TPSA) is 76.0 Å². The number of ether oxygens (including phenoxy) is 1. The Morgan fingerprint density at radius 3 is 2.61 bits per heavy atom. The number of carbonyl (C=O) groups excluding carboxylic acids is 1. The van der Waals surface area contributed by atoms with E-state index >= 15 is 0 Å². The van der Waals surface area contributed by atoms with Gasteiger partial charge in [-0.05, 0) is 24.3 Å². The Balaban J connectivity index is 2.24. The highest BCUT2D eigenvalue weighted by Gasteiger charge is 2.38. The predicted octanol–water partition coefficient (Wildman–Crippen LogP) is 2.85. The van der Waals surface area contributed by atoms with Gasteiger partial charge in [0.1, 0.15) is 11.6 Å². The van der Waals surface area contributed by atoms with Gasteiger partial charge in [0.25, 0.3) is 0 Å². The predicted molar refractivity (Wildman–Crippen MR) is 81.0 cm³/mol. The van der Waals surface area contributed by atoms with E-state index in [0.29, 0.717) is 11.4 Å². The van der Waals surface area contributed by atoms with Crippen LogP contribution in [-0.4, -0.2) is 29.7 Å². The first-order valence-electron chi connectivity index (χ1n) is 6.81. The van der Waals surface area contributed by atoms with Crippen molar-refractivity contribution in [2.45, 2.75) is 0 Å². The van der Waals surface area contributed by atoms with Crippen molar-refractivity contribution < 1.29 is 23.8 Å².